The van der Waals surface area contributed by atoms with E-state index in [1.54, 1.807) is 0 Å². The predicted octanol–water partition coefficient (Wildman–Crippen LogP) is -0.257. The van der Waals surface area contributed by atoms with E-state index >= 15 is 0 Å². The molecule has 0 amide bonds. The van der Waals surface area contributed by atoms with Crippen LogP contribution >= 0.6 is 0 Å². The Balaban J connectivity index is 2.38. The molecule has 32 valence electrons. The third kappa shape index (κ3) is 1.00. The van der Waals surface area contributed by atoms with Crippen molar-refractivity contribution in [1.82, 2.24) is 2.89 Å². The van der Waals surface area contributed by atoms with Gasteiger partial charge in [-0.1, -0.05) is 0 Å². The van der Waals surface area contributed by atoms with Gasteiger partial charge in [0.15, 0.2) is 0 Å². The maximum atomic E-state index is 2.50. The van der Waals surface area contributed by atoms with Gasteiger partial charge in [0.05, 0.1) is 0 Å². The summed E-state index contributed by atoms with van der Waals surface area (Å²) in [6.07, 6.45) is 1.37. The molecule has 0 aromatic carbocycles. The van der Waals surface area contributed by atoms with Crippen LogP contribution in [-0.2, 0) is 0 Å². The Morgan fingerprint density at radius 1 is 1.83 bits per heavy atom. The minimum atomic E-state index is -0.199. The van der Waals surface area contributed by atoms with E-state index in [4.69, 9.17) is 0 Å². The van der Waals surface area contributed by atoms with Gasteiger partial charge in [0, 0.05) is 0 Å². The van der Waals surface area contributed by atoms with Gasteiger partial charge in [-0.3, -0.25) is 0 Å². The van der Waals surface area contributed by atoms with Gasteiger partial charge >= 0.3 is 49.4 Å². The predicted molar refractivity (Wildman–Crippen MR) is 29.1 cm³/mol. The number of hydrogen-bond donors (Lipinski definition) is 0. The molecule has 1 aliphatic rings. The average molecular weight is 185 g/mol. The van der Waals surface area contributed by atoms with E-state index in [9.17, 15) is 0 Å². The van der Waals surface area contributed by atoms with E-state index in [2.05, 4.69) is 13.7 Å². The first-order chi connectivity index (χ1) is 2.89. The molecule has 0 N–H and O–H groups in total. The molecule has 1 nitrogen and oxygen atoms in total. The quantitative estimate of drug-likeness (QED) is 0.502. The van der Waals surface area contributed by atoms with Crippen LogP contribution in [0.25, 0.3) is 0 Å². The van der Waals surface area contributed by atoms with Crippen LogP contribution in [0.4, 0.5) is 0 Å². The van der Waals surface area contributed by atoms with Gasteiger partial charge in [-0.25, -0.2) is 0 Å². The molecule has 0 aromatic heterocycles. The van der Waals surface area contributed by atoms with E-state index in [1.165, 1.54) is 13.0 Å². The van der Waals surface area contributed by atoms with Crippen molar-refractivity contribution in [3.8, 4) is 0 Å². The summed E-state index contributed by atoms with van der Waals surface area (Å²) in [5, 5.41) is 0. The van der Waals surface area contributed by atoms with Crippen LogP contribution in [0.3, 0.4) is 0 Å². The first-order valence-corrected chi connectivity index (χ1v) is 5.64. The van der Waals surface area contributed by atoms with Crippen LogP contribution in [0.5, 0.6) is 0 Å². The van der Waals surface area contributed by atoms with Crippen LogP contribution < -0.4 is 0 Å². The van der Waals surface area contributed by atoms with Crippen molar-refractivity contribution in [3.05, 3.63) is 0 Å². The Kier molecular flexibility index (Phi) is 1.57. The third-order valence-corrected chi connectivity index (χ3v) is 4.75. The maximum absolute atomic E-state index is 2.50. The summed E-state index contributed by atoms with van der Waals surface area (Å²) in [6, 6.07) is 0. The van der Waals surface area contributed by atoms with Crippen LogP contribution in [0.2, 0.25) is 0 Å². The summed E-state index contributed by atoms with van der Waals surface area (Å²) < 4.78 is 4.99. The molecular weight excluding hydrogens is 177 g/mol. The zero-order chi connectivity index (χ0) is 4.41. The normalized spacial score (nSPS) is 18.5. The van der Waals surface area contributed by atoms with E-state index in [-0.39, 0.29) is 22.7 Å². The van der Waals surface area contributed by atoms with Gasteiger partial charge in [-0.2, -0.15) is 0 Å². The molecular formula is C4H8InN. The molecule has 0 saturated heterocycles. The van der Waals surface area contributed by atoms with Gasteiger partial charge in [0.2, 0.25) is 0 Å². The van der Waals surface area contributed by atoms with Crippen molar-refractivity contribution < 1.29 is 0 Å². The van der Waals surface area contributed by atoms with E-state index in [0.717, 1.165) is 0 Å². The summed E-state index contributed by atoms with van der Waals surface area (Å²) in [6.45, 7) is 1.35. The Morgan fingerprint density at radius 3 is 2.83 bits per heavy atom. The molecule has 0 unspecified atom stereocenters. The molecule has 0 bridgehead atoms. The minimum absolute atomic E-state index is 0.199. The van der Waals surface area contributed by atoms with Crippen molar-refractivity contribution in [2.24, 2.45) is 0 Å². The fourth-order valence-electron chi connectivity index (χ4n) is 0.607. The molecule has 0 saturated carbocycles. The van der Waals surface area contributed by atoms with Gasteiger partial charge in [0.1, 0.15) is 0 Å². The van der Waals surface area contributed by atoms with Gasteiger partial charge in [0.25, 0.3) is 0 Å². The Labute approximate surface area is 49.6 Å². The molecule has 0 aliphatic carbocycles. The summed E-state index contributed by atoms with van der Waals surface area (Å²) in [4.78, 5) is 0. The monoisotopic (exact) mass is 185 g/mol. The standard InChI is InChI=1S/C4H8N.In/c1-3-4-5-2;/h1H,3-4H2,2H3;/q-1;+1. The van der Waals surface area contributed by atoms with Crippen molar-refractivity contribution >= 4 is 26.5 Å². The van der Waals surface area contributed by atoms with E-state index < -0.39 is 0 Å². The first kappa shape index (κ1) is 4.69. The van der Waals surface area contributed by atoms with E-state index in [1.807, 2.05) is 0 Å². The summed E-state index contributed by atoms with van der Waals surface area (Å²) in [7, 11) is 2.23. The second-order valence-electron chi connectivity index (χ2n) is 1.65. The molecule has 1 rings (SSSR count). The first-order valence-electron chi connectivity index (χ1n) is 2.26. The second-order valence-corrected chi connectivity index (χ2v) is 6.37. The third-order valence-electron chi connectivity index (χ3n) is 1.01. The van der Waals surface area contributed by atoms with Crippen molar-refractivity contribution in [2.75, 3.05) is 13.6 Å². The zero-order valence-corrected chi connectivity index (χ0v) is 7.31. The Bertz CT molecular complexity index is 69.9. The van der Waals surface area contributed by atoms with Crippen LogP contribution in [-0.4, -0.2) is 42.9 Å². The molecule has 0 radical (unpaired) electrons. The molecule has 0 fully saturated rings. The molecule has 0 spiro atoms. The van der Waals surface area contributed by atoms with Gasteiger partial charge in [-0.05, 0) is 0 Å². The summed E-state index contributed by atoms with van der Waals surface area (Å²) in [5.74, 6) is 0. The Hall–Kier alpha value is 0.540. The van der Waals surface area contributed by atoms with Gasteiger partial charge in [-0.15, -0.1) is 0 Å². The van der Waals surface area contributed by atoms with Crippen molar-refractivity contribution in [1.29, 1.82) is 0 Å². The summed E-state index contributed by atoms with van der Waals surface area (Å²) >= 11 is -0.199. The SMILES string of the molecule is C[N]1CC[CH]=[In]1. The fourth-order valence-corrected chi connectivity index (χ4v) is 3.34. The van der Waals surface area contributed by atoms with Crippen molar-refractivity contribution in [2.45, 2.75) is 6.42 Å². The summed E-state index contributed by atoms with van der Waals surface area (Å²) in [5.41, 5.74) is 0. The van der Waals surface area contributed by atoms with Crippen LogP contribution in [0.1, 0.15) is 6.42 Å². The van der Waals surface area contributed by atoms with Crippen LogP contribution in [0.15, 0.2) is 0 Å². The van der Waals surface area contributed by atoms with E-state index in [0.29, 0.717) is 0 Å². The number of hydrogen-bond acceptors (Lipinski definition) is 1. The molecule has 0 atom stereocenters. The van der Waals surface area contributed by atoms with Crippen molar-refractivity contribution in [3.63, 3.8) is 0 Å². The number of rotatable bonds is 0. The molecule has 1 heterocycles. The Morgan fingerprint density at radius 2 is 2.67 bits per heavy atom. The number of nitrogens with zero attached hydrogens (tertiary/aromatic N) is 1. The molecule has 2 heteroatoms. The topological polar surface area (TPSA) is 3.24 Å². The van der Waals surface area contributed by atoms with Crippen LogP contribution in [0, 0.1) is 0 Å². The zero-order valence-electron chi connectivity index (χ0n) is 4.02. The molecule has 6 heavy (non-hydrogen) atoms. The molecule has 1 aliphatic heterocycles. The van der Waals surface area contributed by atoms with Gasteiger partial charge < -0.3 is 0 Å². The average Bonchev–Trinajstić information content (AvgIpc) is 1.86. The molecule has 0 aromatic rings. The fraction of sp³-hybridized carbons (Fsp3) is 0.750. The second kappa shape index (κ2) is 2.01.